The second-order valence-electron chi connectivity index (χ2n) is 7.74. The molecule has 4 rings (SSSR count). The maximum absolute atomic E-state index is 13.1. The summed E-state index contributed by atoms with van der Waals surface area (Å²) >= 11 is 0. The monoisotopic (exact) mass is 373 g/mol. The van der Waals surface area contributed by atoms with Crippen LogP contribution < -0.4 is 0 Å². The van der Waals surface area contributed by atoms with Crippen molar-refractivity contribution in [1.29, 1.82) is 0 Å². The van der Waals surface area contributed by atoms with Crippen molar-refractivity contribution in [3.8, 4) is 11.4 Å². The normalized spacial score (nSPS) is 16.9. The molecule has 1 aromatic heterocycles. The number of imidazole rings is 1. The Hall–Kier alpha value is -2.88. The maximum atomic E-state index is 13.1. The Labute approximate surface area is 166 Å². The van der Waals surface area contributed by atoms with Gasteiger partial charge in [-0.2, -0.15) is 0 Å². The van der Waals surface area contributed by atoms with Crippen LogP contribution in [0.1, 0.15) is 40.7 Å². The van der Waals surface area contributed by atoms with E-state index in [1.54, 1.807) is 12.4 Å². The van der Waals surface area contributed by atoms with E-state index in [1.807, 2.05) is 29.2 Å². The van der Waals surface area contributed by atoms with Crippen molar-refractivity contribution >= 4 is 5.91 Å². The highest BCUT2D eigenvalue weighted by Gasteiger charge is 2.24. The number of likely N-dealkylation sites (tertiary alicyclic amines) is 1. The van der Waals surface area contributed by atoms with E-state index >= 15 is 0 Å². The van der Waals surface area contributed by atoms with Gasteiger partial charge in [0.05, 0.1) is 0 Å². The standard InChI is InChI=1S/C24H27N3O/c1-18-6-2-3-8-20(18)12-11-19-7-5-15-27(17-19)24(28)22-10-4-9-21(16-22)23-25-13-14-26-23/h2-4,6,8-10,13-14,16,19H,5,7,11-12,15,17H2,1H3,(H,25,26). The van der Waals surface area contributed by atoms with Crippen LogP contribution in [-0.2, 0) is 6.42 Å². The van der Waals surface area contributed by atoms with E-state index in [0.29, 0.717) is 5.92 Å². The van der Waals surface area contributed by atoms with Crippen molar-refractivity contribution in [3.63, 3.8) is 0 Å². The van der Waals surface area contributed by atoms with Gasteiger partial charge in [-0.3, -0.25) is 4.79 Å². The van der Waals surface area contributed by atoms with Crippen molar-refractivity contribution in [2.24, 2.45) is 5.92 Å². The topological polar surface area (TPSA) is 49.0 Å². The average molecular weight is 374 g/mol. The second-order valence-corrected chi connectivity index (χ2v) is 7.74. The first-order valence-corrected chi connectivity index (χ1v) is 10.1. The Balaban J connectivity index is 1.41. The number of hydrogen-bond acceptors (Lipinski definition) is 2. The molecule has 4 heteroatoms. The average Bonchev–Trinajstić information content (AvgIpc) is 3.28. The third kappa shape index (κ3) is 4.16. The number of H-pyrrole nitrogens is 1. The molecule has 1 atom stereocenters. The molecule has 1 saturated heterocycles. The first kappa shape index (κ1) is 18.5. The van der Waals surface area contributed by atoms with Gasteiger partial charge in [0, 0.05) is 36.6 Å². The summed E-state index contributed by atoms with van der Waals surface area (Å²) in [6.45, 7) is 3.89. The molecule has 1 aliphatic heterocycles. The summed E-state index contributed by atoms with van der Waals surface area (Å²) in [7, 11) is 0. The lowest BCUT2D eigenvalue weighted by atomic mass is 9.90. The predicted molar refractivity (Wildman–Crippen MR) is 112 cm³/mol. The largest absolute Gasteiger partial charge is 0.345 e. The second kappa shape index (κ2) is 8.42. The number of rotatable bonds is 5. The molecule has 0 saturated carbocycles. The van der Waals surface area contributed by atoms with Crippen molar-refractivity contribution in [2.45, 2.75) is 32.6 Å². The fourth-order valence-electron chi connectivity index (χ4n) is 4.14. The number of nitrogens with one attached hydrogen (secondary N) is 1. The van der Waals surface area contributed by atoms with Gasteiger partial charge in [-0.15, -0.1) is 0 Å². The van der Waals surface area contributed by atoms with Crippen LogP contribution in [0.5, 0.6) is 0 Å². The molecule has 3 aromatic rings. The Morgan fingerprint density at radius 2 is 2.11 bits per heavy atom. The maximum Gasteiger partial charge on any atom is 0.253 e. The zero-order valence-electron chi connectivity index (χ0n) is 16.4. The van der Waals surface area contributed by atoms with E-state index in [4.69, 9.17) is 0 Å². The first-order valence-electron chi connectivity index (χ1n) is 10.1. The number of nitrogens with zero attached hydrogens (tertiary/aromatic N) is 2. The van der Waals surface area contributed by atoms with Gasteiger partial charge in [-0.1, -0.05) is 36.4 Å². The SMILES string of the molecule is Cc1ccccc1CCC1CCCN(C(=O)c2cccc(-c3ncc[nH]3)c2)C1. The first-order chi connectivity index (χ1) is 13.7. The summed E-state index contributed by atoms with van der Waals surface area (Å²) in [6.07, 6.45) is 8.06. The lowest BCUT2D eigenvalue weighted by molar-refractivity contribution is 0.0668. The van der Waals surface area contributed by atoms with Crippen LogP contribution in [0.25, 0.3) is 11.4 Å². The number of aryl methyl sites for hydroxylation is 2. The van der Waals surface area contributed by atoms with Gasteiger partial charge in [0.15, 0.2) is 0 Å². The van der Waals surface area contributed by atoms with Crippen LogP contribution >= 0.6 is 0 Å². The highest BCUT2D eigenvalue weighted by molar-refractivity contribution is 5.95. The number of amides is 1. The van der Waals surface area contributed by atoms with Crippen molar-refractivity contribution < 1.29 is 4.79 Å². The fraction of sp³-hybridized carbons (Fsp3) is 0.333. The lowest BCUT2D eigenvalue weighted by Crippen LogP contribution is -2.40. The van der Waals surface area contributed by atoms with E-state index in [-0.39, 0.29) is 5.91 Å². The molecule has 2 aromatic carbocycles. The predicted octanol–water partition coefficient (Wildman–Crippen LogP) is 4.87. The third-order valence-corrected chi connectivity index (χ3v) is 5.77. The molecular weight excluding hydrogens is 346 g/mol. The van der Waals surface area contributed by atoms with Crippen LogP contribution in [0.2, 0.25) is 0 Å². The Bertz CT molecular complexity index is 933. The quantitative estimate of drug-likeness (QED) is 0.694. The highest BCUT2D eigenvalue weighted by atomic mass is 16.2. The minimum absolute atomic E-state index is 0.133. The van der Waals surface area contributed by atoms with Gasteiger partial charge >= 0.3 is 0 Å². The van der Waals surface area contributed by atoms with Crippen LogP contribution in [0, 0.1) is 12.8 Å². The van der Waals surface area contributed by atoms with E-state index in [2.05, 4.69) is 41.2 Å². The molecule has 1 amide bonds. The van der Waals surface area contributed by atoms with Gasteiger partial charge < -0.3 is 9.88 Å². The van der Waals surface area contributed by atoms with Crippen LogP contribution in [0.15, 0.2) is 60.9 Å². The van der Waals surface area contributed by atoms with Crippen molar-refractivity contribution in [2.75, 3.05) is 13.1 Å². The van der Waals surface area contributed by atoms with Gasteiger partial charge in [-0.25, -0.2) is 4.98 Å². The molecule has 1 fully saturated rings. The van der Waals surface area contributed by atoms with Crippen LogP contribution in [-0.4, -0.2) is 33.9 Å². The molecule has 4 nitrogen and oxygen atoms in total. The molecule has 0 aliphatic carbocycles. The zero-order chi connectivity index (χ0) is 19.3. The number of piperidine rings is 1. The molecule has 1 aliphatic rings. The van der Waals surface area contributed by atoms with Gasteiger partial charge in [0.2, 0.25) is 0 Å². The summed E-state index contributed by atoms with van der Waals surface area (Å²) in [6, 6.07) is 16.4. The molecule has 144 valence electrons. The Kier molecular flexibility index (Phi) is 5.56. The van der Waals surface area contributed by atoms with Crippen LogP contribution in [0.4, 0.5) is 0 Å². The third-order valence-electron chi connectivity index (χ3n) is 5.77. The van der Waals surface area contributed by atoms with E-state index < -0.39 is 0 Å². The van der Waals surface area contributed by atoms with E-state index in [9.17, 15) is 4.79 Å². The minimum atomic E-state index is 0.133. The Morgan fingerprint density at radius 3 is 2.93 bits per heavy atom. The summed E-state index contributed by atoms with van der Waals surface area (Å²) in [5, 5.41) is 0. The van der Waals surface area contributed by atoms with E-state index in [1.165, 1.54) is 17.5 Å². The summed E-state index contributed by atoms with van der Waals surface area (Å²) in [5.41, 5.74) is 4.48. The summed E-state index contributed by atoms with van der Waals surface area (Å²) < 4.78 is 0. The number of aromatic amines is 1. The highest BCUT2D eigenvalue weighted by Crippen LogP contribution is 2.25. The van der Waals surface area contributed by atoms with Crippen molar-refractivity contribution in [1.82, 2.24) is 14.9 Å². The summed E-state index contributed by atoms with van der Waals surface area (Å²) in [4.78, 5) is 22.5. The minimum Gasteiger partial charge on any atom is -0.345 e. The lowest BCUT2D eigenvalue weighted by Gasteiger charge is -2.33. The molecule has 28 heavy (non-hydrogen) atoms. The van der Waals surface area contributed by atoms with Crippen molar-refractivity contribution in [3.05, 3.63) is 77.6 Å². The Morgan fingerprint density at radius 1 is 1.21 bits per heavy atom. The molecule has 2 heterocycles. The van der Waals surface area contributed by atoms with E-state index in [0.717, 1.165) is 49.3 Å². The zero-order valence-corrected chi connectivity index (χ0v) is 16.4. The molecule has 0 spiro atoms. The molecular formula is C24H27N3O. The number of carbonyl (C=O) groups is 1. The summed E-state index contributed by atoms with van der Waals surface area (Å²) in [5.74, 6) is 1.50. The molecule has 1 N–H and O–H groups in total. The van der Waals surface area contributed by atoms with Gasteiger partial charge in [0.1, 0.15) is 5.82 Å². The number of benzene rings is 2. The number of hydrogen-bond donors (Lipinski definition) is 1. The number of carbonyl (C=O) groups excluding carboxylic acids is 1. The fourth-order valence-corrected chi connectivity index (χ4v) is 4.14. The molecule has 0 radical (unpaired) electrons. The number of aromatic nitrogens is 2. The van der Waals surface area contributed by atoms with Gasteiger partial charge in [0.25, 0.3) is 5.91 Å². The van der Waals surface area contributed by atoms with Gasteiger partial charge in [-0.05, 0) is 61.8 Å². The van der Waals surface area contributed by atoms with Crippen LogP contribution in [0.3, 0.4) is 0 Å². The molecule has 0 bridgehead atoms. The molecule has 1 unspecified atom stereocenters. The smallest absolute Gasteiger partial charge is 0.253 e.